The third-order valence-corrected chi connectivity index (χ3v) is 3.80. The molecular formula is C10H11N3O2S2. The van der Waals surface area contributed by atoms with Gasteiger partial charge in [0.2, 0.25) is 0 Å². The number of hydrogen-bond donors (Lipinski definition) is 3. The number of nitrogens with two attached hydrogens (primary N) is 1. The summed E-state index contributed by atoms with van der Waals surface area (Å²) in [5.41, 5.74) is 5.85. The molecule has 0 bridgehead atoms. The number of aromatic nitrogens is 1. The molecule has 0 radical (unpaired) electrons. The molecule has 7 heteroatoms. The highest BCUT2D eigenvalue weighted by molar-refractivity contribution is 7.13. The van der Waals surface area contributed by atoms with Gasteiger partial charge >= 0.3 is 5.97 Å². The van der Waals surface area contributed by atoms with Crippen molar-refractivity contribution in [1.82, 2.24) is 4.98 Å². The van der Waals surface area contributed by atoms with Crippen molar-refractivity contribution in [2.24, 2.45) is 5.73 Å². The third-order valence-electron chi connectivity index (χ3n) is 2.10. The molecule has 2 rings (SSSR count). The molecule has 1 atom stereocenters. The molecule has 2 heterocycles. The topological polar surface area (TPSA) is 88.2 Å². The zero-order valence-corrected chi connectivity index (χ0v) is 10.4. The first kappa shape index (κ1) is 12.0. The highest BCUT2D eigenvalue weighted by Crippen LogP contribution is 2.21. The molecule has 0 saturated carbocycles. The van der Waals surface area contributed by atoms with E-state index in [9.17, 15) is 4.79 Å². The van der Waals surface area contributed by atoms with E-state index in [0.29, 0.717) is 17.4 Å². The summed E-state index contributed by atoms with van der Waals surface area (Å²) in [4.78, 5) is 16.0. The number of aliphatic carboxylic acids is 1. The van der Waals surface area contributed by atoms with Crippen LogP contribution in [0.15, 0.2) is 22.9 Å². The van der Waals surface area contributed by atoms with Gasteiger partial charge in [0.15, 0.2) is 5.13 Å². The van der Waals surface area contributed by atoms with Crippen LogP contribution < -0.4 is 11.1 Å². The minimum Gasteiger partial charge on any atom is -0.480 e. The summed E-state index contributed by atoms with van der Waals surface area (Å²) < 4.78 is 0. The molecule has 0 aliphatic carbocycles. The van der Waals surface area contributed by atoms with Crippen LogP contribution in [0.3, 0.4) is 0 Å². The molecule has 0 aliphatic heterocycles. The number of thiazole rings is 1. The van der Waals surface area contributed by atoms with Crippen molar-refractivity contribution in [1.29, 1.82) is 0 Å². The fourth-order valence-corrected chi connectivity index (χ4v) is 2.60. The lowest BCUT2D eigenvalue weighted by atomic mass is 10.2. The van der Waals surface area contributed by atoms with Gasteiger partial charge in [-0.05, 0) is 11.4 Å². The minimum atomic E-state index is -1.07. The smallest absolute Gasteiger partial charge is 0.326 e. The molecule has 1 unspecified atom stereocenters. The summed E-state index contributed by atoms with van der Waals surface area (Å²) in [6, 6.07) is 2.95. The first-order valence-corrected chi connectivity index (χ1v) is 6.63. The maximum Gasteiger partial charge on any atom is 0.326 e. The van der Waals surface area contributed by atoms with Gasteiger partial charge in [0.05, 0.1) is 12.2 Å². The Labute approximate surface area is 106 Å². The lowest BCUT2D eigenvalue weighted by molar-refractivity contribution is -0.138. The number of nitrogens with zero attached hydrogens (tertiary/aromatic N) is 1. The number of rotatable bonds is 5. The second-order valence-electron chi connectivity index (χ2n) is 3.33. The Morgan fingerprint density at radius 1 is 1.59 bits per heavy atom. The van der Waals surface area contributed by atoms with Crippen LogP contribution in [0.25, 0.3) is 0 Å². The van der Waals surface area contributed by atoms with Crippen LogP contribution in [0.5, 0.6) is 0 Å². The third kappa shape index (κ3) is 3.02. The van der Waals surface area contributed by atoms with Crippen molar-refractivity contribution < 1.29 is 9.90 Å². The molecule has 4 N–H and O–H groups in total. The predicted molar refractivity (Wildman–Crippen MR) is 68.3 cm³/mol. The number of hydrogen-bond acceptors (Lipinski definition) is 6. The lowest BCUT2D eigenvalue weighted by Gasteiger charge is -2.01. The number of carboxylic acid groups (broad SMARTS) is 1. The molecule has 90 valence electrons. The Bertz CT molecular complexity index is 495. The summed E-state index contributed by atoms with van der Waals surface area (Å²) in [6.07, 6.45) is 0. The second kappa shape index (κ2) is 5.26. The van der Waals surface area contributed by atoms with Gasteiger partial charge in [0.1, 0.15) is 6.04 Å². The Hall–Kier alpha value is -1.44. The second-order valence-corrected chi connectivity index (χ2v) is 5.22. The van der Waals surface area contributed by atoms with Crippen molar-refractivity contribution in [3.05, 3.63) is 33.5 Å². The van der Waals surface area contributed by atoms with Gasteiger partial charge in [-0.1, -0.05) is 6.07 Å². The largest absolute Gasteiger partial charge is 0.480 e. The van der Waals surface area contributed by atoms with E-state index in [4.69, 9.17) is 10.8 Å². The first-order chi connectivity index (χ1) is 8.16. The molecule has 0 aliphatic rings. The zero-order valence-electron chi connectivity index (χ0n) is 8.79. The fraction of sp³-hybridized carbons (Fsp3) is 0.200. The molecule has 0 saturated heterocycles. The van der Waals surface area contributed by atoms with E-state index in [1.165, 1.54) is 16.2 Å². The van der Waals surface area contributed by atoms with E-state index in [1.807, 2.05) is 17.5 Å². The van der Waals surface area contributed by atoms with Gasteiger partial charge in [-0.25, -0.2) is 4.98 Å². The first-order valence-electron chi connectivity index (χ1n) is 4.87. The normalized spacial score (nSPS) is 12.3. The van der Waals surface area contributed by atoms with Crippen LogP contribution in [-0.4, -0.2) is 16.1 Å². The van der Waals surface area contributed by atoms with Gasteiger partial charge in [-0.3, -0.25) is 4.79 Å². The Kier molecular flexibility index (Phi) is 3.72. The van der Waals surface area contributed by atoms with Gasteiger partial charge in [-0.2, -0.15) is 0 Å². The van der Waals surface area contributed by atoms with E-state index in [0.717, 1.165) is 0 Å². The molecule has 2 aromatic rings. The standard InChI is InChI=1S/C10H11N3O2S2/c11-8(9(14)15)7-5-17-10(13-7)12-4-6-2-1-3-16-6/h1-3,5,8H,4,11H2,(H,12,13)(H,14,15). The molecule has 2 aromatic heterocycles. The number of anilines is 1. The molecule has 17 heavy (non-hydrogen) atoms. The monoisotopic (exact) mass is 269 g/mol. The van der Waals surface area contributed by atoms with Gasteiger partial charge in [0, 0.05) is 10.3 Å². The van der Waals surface area contributed by atoms with E-state index in [-0.39, 0.29) is 0 Å². The maximum absolute atomic E-state index is 10.7. The SMILES string of the molecule is NC(C(=O)O)c1csc(NCc2cccs2)n1. The quantitative estimate of drug-likeness (QED) is 0.771. The van der Waals surface area contributed by atoms with Gasteiger partial charge in [-0.15, -0.1) is 22.7 Å². The molecule has 5 nitrogen and oxygen atoms in total. The van der Waals surface area contributed by atoms with Crippen LogP contribution in [0.4, 0.5) is 5.13 Å². The van der Waals surface area contributed by atoms with Crippen LogP contribution in [0.2, 0.25) is 0 Å². The highest BCUT2D eigenvalue weighted by atomic mass is 32.1. The van der Waals surface area contributed by atoms with Crippen molar-refractivity contribution in [2.75, 3.05) is 5.32 Å². The zero-order chi connectivity index (χ0) is 12.3. The summed E-state index contributed by atoms with van der Waals surface area (Å²) in [5, 5.41) is 16.2. The van der Waals surface area contributed by atoms with E-state index in [1.54, 1.807) is 16.7 Å². The van der Waals surface area contributed by atoms with Crippen LogP contribution in [0.1, 0.15) is 16.6 Å². The summed E-state index contributed by atoms with van der Waals surface area (Å²) in [7, 11) is 0. The summed E-state index contributed by atoms with van der Waals surface area (Å²) in [5.74, 6) is -1.07. The molecule has 0 amide bonds. The van der Waals surface area contributed by atoms with Gasteiger partial charge < -0.3 is 16.2 Å². The predicted octanol–water partition coefficient (Wildman–Crippen LogP) is 1.90. The van der Waals surface area contributed by atoms with Crippen LogP contribution in [-0.2, 0) is 11.3 Å². The number of carbonyl (C=O) groups is 1. The Morgan fingerprint density at radius 2 is 2.41 bits per heavy atom. The van der Waals surface area contributed by atoms with E-state index < -0.39 is 12.0 Å². The summed E-state index contributed by atoms with van der Waals surface area (Å²) >= 11 is 3.01. The average molecular weight is 269 g/mol. The van der Waals surface area contributed by atoms with E-state index >= 15 is 0 Å². The molecule has 0 fully saturated rings. The fourth-order valence-electron chi connectivity index (χ4n) is 1.21. The van der Waals surface area contributed by atoms with Crippen LogP contribution in [0, 0.1) is 0 Å². The number of thiophene rings is 1. The maximum atomic E-state index is 10.7. The number of nitrogens with one attached hydrogen (secondary N) is 1. The molecule has 0 aromatic carbocycles. The highest BCUT2D eigenvalue weighted by Gasteiger charge is 2.17. The van der Waals surface area contributed by atoms with E-state index in [2.05, 4.69) is 10.3 Å². The summed E-state index contributed by atoms with van der Waals surface area (Å²) in [6.45, 7) is 0.687. The minimum absolute atomic E-state index is 0.385. The van der Waals surface area contributed by atoms with Crippen molar-refractivity contribution >= 4 is 33.8 Å². The Balaban J connectivity index is 1.96. The molecule has 0 spiro atoms. The van der Waals surface area contributed by atoms with Crippen molar-refractivity contribution in [3.63, 3.8) is 0 Å². The van der Waals surface area contributed by atoms with Crippen molar-refractivity contribution in [3.8, 4) is 0 Å². The average Bonchev–Trinajstić information content (AvgIpc) is 2.96. The number of carboxylic acids is 1. The lowest BCUT2D eigenvalue weighted by Crippen LogP contribution is -2.20. The Morgan fingerprint density at radius 3 is 3.06 bits per heavy atom. The molecular weight excluding hydrogens is 258 g/mol. The van der Waals surface area contributed by atoms with Crippen molar-refractivity contribution in [2.45, 2.75) is 12.6 Å². The van der Waals surface area contributed by atoms with Gasteiger partial charge in [0.25, 0.3) is 0 Å². The van der Waals surface area contributed by atoms with Crippen LogP contribution >= 0.6 is 22.7 Å².